The van der Waals surface area contributed by atoms with Gasteiger partial charge in [0.1, 0.15) is 11.6 Å². The van der Waals surface area contributed by atoms with Gasteiger partial charge >= 0.3 is 0 Å². The van der Waals surface area contributed by atoms with Gasteiger partial charge in [0.05, 0.1) is 34.7 Å². The fraction of sp³-hybridized carbons (Fsp3) is 0.367. The SMILES string of the molecule is O=C1NCc2nc(-c3c(F)cccc3F)cc(Cc3ccc(C(=O)N4CCC5(CCCCO5)CC4)cc3)c21. The van der Waals surface area contributed by atoms with Gasteiger partial charge in [0, 0.05) is 25.3 Å². The van der Waals surface area contributed by atoms with Crippen LogP contribution in [0.5, 0.6) is 0 Å². The molecule has 38 heavy (non-hydrogen) atoms. The van der Waals surface area contributed by atoms with Gasteiger partial charge in [-0.2, -0.15) is 0 Å². The first-order valence-corrected chi connectivity index (χ1v) is 13.2. The second-order valence-electron chi connectivity index (χ2n) is 10.4. The van der Waals surface area contributed by atoms with E-state index in [2.05, 4.69) is 10.3 Å². The summed E-state index contributed by atoms with van der Waals surface area (Å²) in [5.74, 6) is -1.66. The Morgan fingerprint density at radius 3 is 2.42 bits per heavy atom. The third-order valence-electron chi connectivity index (χ3n) is 8.03. The molecular formula is C30H29F2N3O3. The lowest BCUT2D eigenvalue weighted by atomic mass is 9.84. The van der Waals surface area contributed by atoms with Crippen LogP contribution in [0.25, 0.3) is 11.3 Å². The Hall–Kier alpha value is -3.65. The van der Waals surface area contributed by atoms with E-state index in [9.17, 15) is 18.4 Å². The number of aromatic nitrogens is 1. The second-order valence-corrected chi connectivity index (χ2v) is 10.4. The lowest BCUT2D eigenvalue weighted by molar-refractivity contribution is -0.107. The molecule has 8 heteroatoms. The summed E-state index contributed by atoms with van der Waals surface area (Å²) in [7, 11) is 0. The first-order chi connectivity index (χ1) is 18.4. The molecule has 3 aliphatic rings. The number of nitrogens with zero attached hydrogens (tertiary/aromatic N) is 2. The zero-order chi connectivity index (χ0) is 26.3. The molecule has 3 aliphatic heterocycles. The van der Waals surface area contributed by atoms with E-state index in [1.165, 1.54) is 24.6 Å². The molecule has 2 aromatic carbocycles. The number of halogens is 2. The molecule has 0 saturated carbocycles. The molecule has 2 fully saturated rings. The van der Waals surface area contributed by atoms with Gasteiger partial charge in [0.15, 0.2) is 0 Å². The third kappa shape index (κ3) is 4.58. The highest BCUT2D eigenvalue weighted by Gasteiger charge is 2.38. The van der Waals surface area contributed by atoms with Crippen molar-refractivity contribution in [2.75, 3.05) is 19.7 Å². The maximum atomic E-state index is 14.5. The van der Waals surface area contributed by atoms with Crippen molar-refractivity contribution in [1.29, 1.82) is 0 Å². The summed E-state index contributed by atoms with van der Waals surface area (Å²) in [6.45, 7) is 2.40. The Bertz CT molecular complexity index is 1370. The van der Waals surface area contributed by atoms with Crippen LogP contribution in [0.15, 0.2) is 48.5 Å². The zero-order valence-electron chi connectivity index (χ0n) is 21.1. The zero-order valence-corrected chi connectivity index (χ0v) is 21.1. The highest BCUT2D eigenvalue weighted by molar-refractivity contribution is 5.99. The summed E-state index contributed by atoms with van der Waals surface area (Å²) >= 11 is 0. The number of carbonyl (C=O) groups excluding carboxylic acids is 2. The van der Waals surface area contributed by atoms with Crippen LogP contribution in [0, 0.1) is 11.6 Å². The highest BCUT2D eigenvalue weighted by atomic mass is 19.1. The van der Waals surface area contributed by atoms with E-state index in [4.69, 9.17) is 4.74 Å². The number of likely N-dealkylation sites (tertiary alicyclic amines) is 1. The minimum absolute atomic E-state index is 0.00343. The second kappa shape index (κ2) is 9.91. The van der Waals surface area contributed by atoms with Gasteiger partial charge in [-0.05, 0) is 80.0 Å². The Morgan fingerprint density at radius 2 is 1.74 bits per heavy atom. The van der Waals surface area contributed by atoms with Crippen molar-refractivity contribution in [2.24, 2.45) is 0 Å². The van der Waals surface area contributed by atoms with Gasteiger partial charge in [-0.15, -0.1) is 0 Å². The first kappa shape index (κ1) is 24.7. The molecular weight excluding hydrogens is 488 g/mol. The average Bonchev–Trinajstić information content (AvgIpc) is 3.30. The lowest BCUT2D eigenvalue weighted by Crippen LogP contribution is -2.49. The van der Waals surface area contributed by atoms with E-state index in [0.29, 0.717) is 41.9 Å². The molecule has 196 valence electrons. The van der Waals surface area contributed by atoms with Crippen LogP contribution < -0.4 is 5.32 Å². The number of pyridine rings is 1. The molecule has 0 radical (unpaired) electrons. The van der Waals surface area contributed by atoms with Gasteiger partial charge < -0.3 is 15.0 Å². The Kier molecular flexibility index (Phi) is 6.43. The standard InChI is InChI=1S/C30H29F2N3O3/c31-22-4-3-5-23(32)27(22)24-17-21(26-25(34-24)18-33-28(26)36)16-19-6-8-20(9-7-19)29(37)35-13-11-30(12-14-35)10-1-2-15-38-30/h3-9,17H,1-2,10-16,18H2,(H,33,36). The van der Waals surface area contributed by atoms with Gasteiger partial charge in [0.25, 0.3) is 11.8 Å². The number of rotatable bonds is 4. The molecule has 3 aromatic rings. The minimum Gasteiger partial charge on any atom is -0.375 e. The Balaban J connectivity index is 1.21. The van der Waals surface area contributed by atoms with Crippen LogP contribution in [0.4, 0.5) is 8.78 Å². The van der Waals surface area contributed by atoms with Crippen molar-refractivity contribution in [3.63, 3.8) is 0 Å². The number of nitrogens with one attached hydrogen (secondary N) is 1. The summed E-state index contributed by atoms with van der Waals surface area (Å²) in [6, 6.07) is 12.6. The summed E-state index contributed by atoms with van der Waals surface area (Å²) in [4.78, 5) is 32.0. The lowest BCUT2D eigenvalue weighted by Gasteiger charge is -2.44. The molecule has 2 amide bonds. The van der Waals surface area contributed by atoms with E-state index >= 15 is 0 Å². The van der Waals surface area contributed by atoms with Crippen molar-refractivity contribution in [1.82, 2.24) is 15.2 Å². The van der Waals surface area contributed by atoms with E-state index < -0.39 is 11.6 Å². The smallest absolute Gasteiger partial charge is 0.253 e. The molecule has 4 heterocycles. The van der Waals surface area contributed by atoms with E-state index in [1.807, 2.05) is 17.0 Å². The number of piperidine rings is 1. The predicted molar refractivity (Wildman–Crippen MR) is 138 cm³/mol. The molecule has 2 saturated heterocycles. The van der Waals surface area contributed by atoms with Crippen molar-refractivity contribution in [3.05, 3.63) is 88.1 Å². The molecule has 0 unspecified atom stereocenters. The number of fused-ring (bicyclic) bond motifs is 1. The molecule has 0 aliphatic carbocycles. The fourth-order valence-electron chi connectivity index (χ4n) is 5.91. The number of hydrogen-bond donors (Lipinski definition) is 1. The molecule has 1 spiro atoms. The molecule has 0 atom stereocenters. The largest absolute Gasteiger partial charge is 0.375 e. The molecule has 0 bridgehead atoms. The Labute approximate surface area is 220 Å². The summed E-state index contributed by atoms with van der Waals surface area (Å²) in [5.41, 5.74) is 2.93. The number of ether oxygens (including phenoxy) is 1. The van der Waals surface area contributed by atoms with Crippen LogP contribution in [-0.4, -0.2) is 47.0 Å². The van der Waals surface area contributed by atoms with Crippen LogP contribution in [0.3, 0.4) is 0 Å². The van der Waals surface area contributed by atoms with Gasteiger partial charge in [0.2, 0.25) is 0 Å². The number of carbonyl (C=O) groups is 2. The monoisotopic (exact) mass is 517 g/mol. The third-order valence-corrected chi connectivity index (χ3v) is 8.03. The highest BCUT2D eigenvalue weighted by Crippen LogP contribution is 2.35. The van der Waals surface area contributed by atoms with Crippen molar-refractivity contribution < 1.29 is 23.1 Å². The summed E-state index contributed by atoms with van der Waals surface area (Å²) < 4.78 is 35.1. The fourth-order valence-corrected chi connectivity index (χ4v) is 5.91. The Morgan fingerprint density at radius 1 is 1.00 bits per heavy atom. The summed E-state index contributed by atoms with van der Waals surface area (Å²) in [5, 5.41) is 2.75. The van der Waals surface area contributed by atoms with Crippen molar-refractivity contribution >= 4 is 11.8 Å². The van der Waals surface area contributed by atoms with Gasteiger partial charge in [-0.25, -0.2) is 13.8 Å². The van der Waals surface area contributed by atoms with Gasteiger partial charge in [-0.1, -0.05) is 18.2 Å². The molecule has 1 N–H and O–H groups in total. The van der Waals surface area contributed by atoms with Crippen molar-refractivity contribution in [3.8, 4) is 11.3 Å². The van der Waals surface area contributed by atoms with Crippen LogP contribution in [-0.2, 0) is 17.7 Å². The van der Waals surface area contributed by atoms with Gasteiger partial charge in [-0.3, -0.25) is 9.59 Å². The molecule has 1 aromatic heterocycles. The maximum Gasteiger partial charge on any atom is 0.253 e. The number of benzene rings is 2. The molecule has 6 nitrogen and oxygen atoms in total. The summed E-state index contributed by atoms with van der Waals surface area (Å²) in [6.07, 6.45) is 5.48. The van der Waals surface area contributed by atoms with Crippen LogP contribution >= 0.6 is 0 Å². The predicted octanol–water partition coefficient (Wildman–Crippen LogP) is 5.04. The van der Waals surface area contributed by atoms with E-state index in [1.54, 1.807) is 18.2 Å². The number of amides is 2. The molecule has 6 rings (SSSR count). The number of hydrogen-bond acceptors (Lipinski definition) is 4. The average molecular weight is 518 g/mol. The first-order valence-electron chi connectivity index (χ1n) is 13.2. The maximum absolute atomic E-state index is 14.5. The van der Waals surface area contributed by atoms with Crippen LogP contribution in [0.1, 0.15) is 69.6 Å². The van der Waals surface area contributed by atoms with E-state index in [-0.39, 0.29) is 35.2 Å². The normalized spacial score (nSPS) is 18.4. The van der Waals surface area contributed by atoms with E-state index in [0.717, 1.165) is 37.9 Å². The topological polar surface area (TPSA) is 71.5 Å². The van der Waals surface area contributed by atoms with Crippen LogP contribution in [0.2, 0.25) is 0 Å². The minimum atomic E-state index is -0.706. The van der Waals surface area contributed by atoms with Crippen molar-refractivity contribution in [2.45, 2.75) is 50.7 Å². The quantitative estimate of drug-likeness (QED) is 0.527.